The summed E-state index contributed by atoms with van der Waals surface area (Å²) in [6.45, 7) is 0. The minimum Gasteiger partial charge on any atom is -0.289 e. The molecule has 0 N–H and O–H groups in total. The molecule has 0 aliphatic heterocycles. The minimum atomic E-state index is -1.05. The quantitative estimate of drug-likeness (QED) is 0.603. The molecule has 1 nitrogen and oxygen atoms in total. The van der Waals surface area contributed by atoms with Gasteiger partial charge in [0.05, 0.1) is 0 Å². The molecule has 0 aliphatic carbocycles. The van der Waals surface area contributed by atoms with Crippen LogP contribution in [0.25, 0.3) is 6.08 Å². The molecule has 0 fully saturated rings. The molecule has 0 aliphatic rings. The van der Waals surface area contributed by atoms with Gasteiger partial charge in [0.15, 0.2) is 5.78 Å². The number of carbonyl (C=O) groups is 1. The van der Waals surface area contributed by atoms with Crippen LogP contribution in [0.15, 0.2) is 48.5 Å². The lowest BCUT2D eigenvalue weighted by atomic mass is 10.1. The second-order valence-electron chi connectivity index (χ2n) is 3.85. The monoisotopic (exact) mass is 262 g/mol. The maximum atomic E-state index is 13.3. The zero-order chi connectivity index (χ0) is 13.8. The van der Waals surface area contributed by atoms with Gasteiger partial charge in [-0.2, -0.15) is 0 Å². The number of allylic oxidation sites excluding steroid dienone is 1. The van der Waals surface area contributed by atoms with E-state index in [0.717, 1.165) is 12.2 Å². The van der Waals surface area contributed by atoms with Crippen LogP contribution in [0.1, 0.15) is 15.9 Å². The van der Waals surface area contributed by atoms with Crippen molar-refractivity contribution < 1.29 is 18.0 Å². The Morgan fingerprint density at radius 1 is 0.947 bits per heavy atom. The predicted octanol–water partition coefficient (Wildman–Crippen LogP) is 4.00. The van der Waals surface area contributed by atoms with E-state index in [-0.39, 0.29) is 5.78 Å². The van der Waals surface area contributed by atoms with Gasteiger partial charge in [-0.25, -0.2) is 13.2 Å². The van der Waals surface area contributed by atoms with Gasteiger partial charge in [-0.15, -0.1) is 0 Å². The van der Waals surface area contributed by atoms with Crippen molar-refractivity contribution in [2.24, 2.45) is 0 Å². The average Bonchev–Trinajstić information content (AvgIpc) is 2.38. The second kappa shape index (κ2) is 5.52. The number of benzene rings is 2. The SMILES string of the molecule is O=C(/C=C/c1c(F)cc(F)cc1F)c1ccccc1. The van der Waals surface area contributed by atoms with Crippen molar-refractivity contribution in [1.82, 2.24) is 0 Å². The number of ketones is 1. The molecule has 0 bridgehead atoms. The molecule has 0 amide bonds. The van der Waals surface area contributed by atoms with Crippen LogP contribution < -0.4 is 0 Å². The first-order chi connectivity index (χ1) is 9.08. The first-order valence-corrected chi connectivity index (χ1v) is 5.50. The van der Waals surface area contributed by atoms with Crippen LogP contribution in [-0.2, 0) is 0 Å². The van der Waals surface area contributed by atoms with Crippen LogP contribution >= 0.6 is 0 Å². The Balaban J connectivity index is 2.27. The van der Waals surface area contributed by atoms with E-state index in [9.17, 15) is 18.0 Å². The van der Waals surface area contributed by atoms with Gasteiger partial charge in [0.2, 0.25) is 0 Å². The van der Waals surface area contributed by atoms with Crippen molar-refractivity contribution in [3.05, 3.63) is 77.1 Å². The molecule has 96 valence electrons. The standard InChI is InChI=1S/C15H9F3O/c16-11-8-13(17)12(14(18)9-11)6-7-15(19)10-4-2-1-3-5-10/h1-9H/b7-6+. The third-order valence-electron chi connectivity index (χ3n) is 2.50. The fourth-order valence-corrected chi connectivity index (χ4v) is 1.57. The fraction of sp³-hybridized carbons (Fsp3) is 0. The predicted molar refractivity (Wildman–Crippen MR) is 66.1 cm³/mol. The molecule has 0 saturated carbocycles. The molecule has 0 aromatic heterocycles. The summed E-state index contributed by atoms with van der Waals surface area (Å²) in [5, 5.41) is 0. The van der Waals surface area contributed by atoms with Gasteiger partial charge in [0.1, 0.15) is 17.5 Å². The molecule has 2 rings (SSSR count). The maximum absolute atomic E-state index is 13.3. The summed E-state index contributed by atoms with van der Waals surface area (Å²) in [6.07, 6.45) is 2.05. The molecule has 0 spiro atoms. The van der Waals surface area contributed by atoms with Crippen LogP contribution in [0.4, 0.5) is 13.2 Å². The van der Waals surface area contributed by atoms with E-state index in [0.29, 0.717) is 17.7 Å². The summed E-state index contributed by atoms with van der Waals surface area (Å²) in [7, 11) is 0. The summed E-state index contributed by atoms with van der Waals surface area (Å²) in [5.41, 5.74) is -0.0349. The Morgan fingerprint density at radius 2 is 1.53 bits per heavy atom. The highest BCUT2D eigenvalue weighted by atomic mass is 19.1. The van der Waals surface area contributed by atoms with Gasteiger partial charge < -0.3 is 0 Å². The van der Waals surface area contributed by atoms with Crippen molar-refractivity contribution in [2.45, 2.75) is 0 Å². The number of halogens is 3. The van der Waals surface area contributed by atoms with E-state index in [1.54, 1.807) is 30.3 Å². The van der Waals surface area contributed by atoms with E-state index in [4.69, 9.17) is 0 Å². The van der Waals surface area contributed by atoms with Gasteiger partial charge >= 0.3 is 0 Å². The van der Waals surface area contributed by atoms with E-state index in [2.05, 4.69) is 0 Å². The molecule has 0 unspecified atom stereocenters. The third kappa shape index (κ3) is 3.10. The van der Waals surface area contributed by atoms with Crippen LogP contribution in [0.2, 0.25) is 0 Å². The average molecular weight is 262 g/mol. The van der Waals surface area contributed by atoms with Crippen molar-refractivity contribution in [2.75, 3.05) is 0 Å². The number of carbonyl (C=O) groups excluding carboxylic acids is 1. The van der Waals surface area contributed by atoms with E-state index < -0.39 is 23.0 Å². The number of hydrogen-bond donors (Lipinski definition) is 0. The molecule has 2 aromatic carbocycles. The fourth-order valence-electron chi connectivity index (χ4n) is 1.57. The molecule has 0 saturated heterocycles. The van der Waals surface area contributed by atoms with E-state index >= 15 is 0 Å². The molecule has 19 heavy (non-hydrogen) atoms. The summed E-state index contributed by atoms with van der Waals surface area (Å²) in [5.74, 6) is -3.48. The Morgan fingerprint density at radius 3 is 2.11 bits per heavy atom. The van der Waals surface area contributed by atoms with Gasteiger partial charge in [0, 0.05) is 23.3 Å². The summed E-state index contributed by atoms with van der Waals surface area (Å²) < 4.78 is 39.3. The topological polar surface area (TPSA) is 17.1 Å². The Kier molecular flexibility index (Phi) is 3.80. The third-order valence-corrected chi connectivity index (χ3v) is 2.50. The Labute approximate surface area is 108 Å². The molecule has 4 heteroatoms. The highest BCUT2D eigenvalue weighted by Crippen LogP contribution is 2.16. The van der Waals surface area contributed by atoms with Gasteiger partial charge in [-0.1, -0.05) is 30.3 Å². The smallest absolute Gasteiger partial charge is 0.185 e. The lowest BCUT2D eigenvalue weighted by Gasteiger charge is -2.00. The minimum absolute atomic E-state index is 0.385. The second-order valence-corrected chi connectivity index (χ2v) is 3.85. The lowest BCUT2D eigenvalue weighted by Crippen LogP contribution is -1.95. The summed E-state index contributed by atoms with van der Waals surface area (Å²) in [6, 6.07) is 9.42. The largest absolute Gasteiger partial charge is 0.289 e. The van der Waals surface area contributed by atoms with Crippen LogP contribution in [0.3, 0.4) is 0 Å². The van der Waals surface area contributed by atoms with Crippen LogP contribution in [-0.4, -0.2) is 5.78 Å². The van der Waals surface area contributed by atoms with Crippen molar-refractivity contribution >= 4 is 11.9 Å². The molecular weight excluding hydrogens is 253 g/mol. The highest BCUT2D eigenvalue weighted by molar-refractivity contribution is 6.06. The molecule has 0 heterocycles. The number of hydrogen-bond acceptors (Lipinski definition) is 1. The Hall–Kier alpha value is -2.36. The van der Waals surface area contributed by atoms with Gasteiger partial charge in [-0.05, 0) is 12.2 Å². The first kappa shape index (κ1) is 13.1. The normalized spacial score (nSPS) is 10.9. The van der Waals surface area contributed by atoms with Crippen molar-refractivity contribution in [1.29, 1.82) is 0 Å². The lowest BCUT2D eigenvalue weighted by molar-refractivity contribution is 0.104. The summed E-state index contributed by atoms with van der Waals surface area (Å²) in [4.78, 5) is 11.7. The van der Waals surface area contributed by atoms with Crippen molar-refractivity contribution in [3.8, 4) is 0 Å². The van der Waals surface area contributed by atoms with Gasteiger partial charge in [0.25, 0.3) is 0 Å². The number of rotatable bonds is 3. The van der Waals surface area contributed by atoms with E-state index in [1.807, 2.05) is 0 Å². The van der Waals surface area contributed by atoms with Crippen LogP contribution in [0.5, 0.6) is 0 Å². The molecular formula is C15H9F3O. The van der Waals surface area contributed by atoms with Gasteiger partial charge in [-0.3, -0.25) is 4.79 Å². The summed E-state index contributed by atoms with van der Waals surface area (Å²) >= 11 is 0. The maximum Gasteiger partial charge on any atom is 0.185 e. The van der Waals surface area contributed by atoms with Crippen LogP contribution in [0, 0.1) is 17.5 Å². The zero-order valence-corrected chi connectivity index (χ0v) is 9.74. The zero-order valence-electron chi connectivity index (χ0n) is 9.74. The molecule has 0 atom stereocenters. The Bertz CT molecular complexity index is 610. The van der Waals surface area contributed by atoms with Crippen molar-refractivity contribution in [3.63, 3.8) is 0 Å². The molecule has 2 aromatic rings. The first-order valence-electron chi connectivity index (χ1n) is 5.50. The molecule has 0 radical (unpaired) electrons. The van der Waals surface area contributed by atoms with E-state index in [1.165, 1.54) is 0 Å². The highest BCUT2D eigenvalue weighted by Gasteiger charge is 2.09.